The average molecular weight is 368 g/mol. The predicted octanol–water partition coefficient (Wildman–Crippen LogP) is 4.09. The molecule has 1 heterocycles. The van der Waals surface area contributed by atoms with Gasteiger partial charge in [0.25, 0.3) is 0 Å². The third kappa shape index (κ3) is 3.10. The van der Waals surface area contributed by atoms with Gasteiger partial charge < -0.3 is 24.5 Å². The first kappa shape index (κ1) is 18.4. The smallest absolute Gasteiger partial charge is 0.239 e. The van der Waals surface area contributed by atoms with Crippen molar-refractivity contribution in [1.82, 2.24) is 0 Å². The Balaban J connectivity index is 2.41. The summed E-state index contributed by atoms with van der Waals surface area (Å²) in [5.74, 6) is -1.56. The molecule has 140 valence electrons. The predicted molar refractivity (Wildman–Crippen MR) is 103 cm³/mol. The Hall–Kier alpha value is -3.41. The highest BCUT2D eigenvalue weighted by Gasteiger charge is 2.26. The fourth-order valence-corrected chi connectivity index (χ4v) is 2.88. The topological polar surface area (TPSA) is 100 Å². The van der Waals surface area contributed by atoms with Gasteiger partial charge in [-0.2, -0.15) is 0 Å². The normalized spacial score (nSPS) is 10.8. The molecule has 0 radical (unpaired) electrons. The molecular weight excluding hydrogens is 348 g/mol. The molecule has 3 rings (SSSR count). The maximum absolute atomic E-state index is 13.0. The number of hydrogen-bond donors (Lipinski definition) is 3. The molecule has 0 saturated heterocycles. The molecule has 2 aromatic carbocycles. The number of rotatable bonds is 4. The molecule has 0 bridgehead atoms. The zero-order valence-electron chi connectivity index (χ0n) is 15.2. The lowest BCUT2D eigenvalue weighted by Crippen LogP contribution is -2.09. The second kappa shape index (κ2) is 7.07. The van der Waals surface area contributed by atoms with Gasteiger partial charge in [0.05, 0.1) is 7.11 Å². The van der Waals surface area contributed by atoms with Crippen LogP contribution in [0.25, 0.3) is 22.3 Å². The van der Waals surface area contributed by atoms with Gasteiger partial charge in [-0.05, 0) is 20.3 Å². The highest BCUT2D eigenvalue weighted by Crippen LogP contribution is 2.45. The second-order valence-corrected chi connectivity index (χ2v) is 6.37. The Bertz CT molecular complexity index is 1090. The molecule has 3 N–H and O–H groups in total. The molecule has 6 heteroatoms. The molecule has 0 aliphatic heterocycles. The van der Waals surface area contributed by atoms with Crippen molar-refractivity contribution >= 4 is 11.0 Å². The van der Waals surface area contributed by atoms with Gasteiger partial charge in [0.1, 0.15) is 11.1 Å². The summed E-state index contributed by atoms with van der Waals surface area (Å²) >= 11 is 0. The third-order valence-electron chi connectivity index (χ3n) is 4.27. The van der Waals surface area contributed by atoms with Crippen LogP contribution in [0.3, 0.4) is 0 Å². The largest absolute Gasteiger partial charge is 0.507 e. The van der Waals surface area contributed by atoms with E-state index in [-0.39, 0.29) is 34.5 Å². The van der Waals surface area contributed by atoms with Crippen molar-refractivity contribution in [3.8, 4) is 34.3 Å². The van der Waals surface area contributed by atoms with Gasteiger partial charge in [-0.3, -0.25) is 4.79 Å². The van der Waals surface area contributed by atoms with E-state index >= 15 is 0 Å². The van der Waals surface area contributed by atoms with Crippen molar-refractivity contribution in [3.63, 3.8) is 0 Å². The molecule has 0 unspecified atom stereocenters. The number of allylic oxidation sites excluding steroid dienone is 2. The average Bonchev–Trinajstić information content (AvgIpc) is 2.65. The molecule has 27 heavy (non-hydrogen) atoms. The van der Waals surface area contributed by atoms with E-state index in [1.54, 1.807) is 36.4 Å². The van der Waals surface area contributed by atoms with Gasteiger partial charge in [0, 0.05) is 11.1 Å². The van der Waals surface area contributed by atoms with E-state index in [9.17, 15) is 20.1 Å². The number of benzene rings is 2. The molecule has 0 spiro atoms. The maximum Gasteiger partial charge on any atom is 0.239 e. The van der Waals surface area contributed by atoms with Crippen LogP contribution in [0.2, 0.25) is 0 Å². The molecule has 0 aliphatic carbocycles. The first-order chi connectivity index (χ1) is 12.9. The SMILES string of the molecule is COc1c(-c2ccccc2)oc2c(O)c(O)c(CC=C(C)C)c(O)c2c1=O. The van der Waals surface area contributed by atoms with Crippen LogP contribution in [0.4, 0.5) is 0 Å². The minimum Gasteiger partial charge on any atom is -0.507 e. The Morgan fingerprint density at radius 1 is 1.07 bits per heavy atom. The van der Waals surface area contributed by atoms with Crippen LogP contribution in [-0.4, -0.2) is 22.4 Å². The van der Waals surface area contributed by atoms with Crippen molar-refractivity contribution in [2.45, 2.75) is 20.3 Å². The molecule has 0 amide bonds. The Morgan fingerprint density at radius 3 is 2.33 bits per heavy atom. The van der Waals surface area contributed by atoms with Crippen molar-refractivity contribution in [3.05, 3.63) is 57.8 Å². The van der Waals surface area contributed by atoms with Gasteiger partial charge in [0.15, 0.2) is 17.1 Å². The number of methoxy groups -OCH3 is 1. The van der Waals surface area contributed by atoms with E-state index in [1.165, 1.54) is 7.11 Å². The van der Waals surface area contributed by atoms with E-state index in [0.717, 1.165) is 5.57 Å². The lowest BCUT2D eigenvalue weighted by molar-refractivity contribution is 0.380. The van der Waals surface area contributed by atoms with Crippen LogP contribution in [0, 0.1) is 0 Å². The summed E-state index contributed by atoms with van der Waals surface area (Å²) in [5.41, 5.74) is 0.625. The van der Waals surface area contributed by atoms with Crippen LogP contribution in [0.1, 0.15) is 19.4 Å². The number of phenols is 3. The van der Waals surface area contributed by atoms with Crippen LogP contribution >= 0.6 is 0 Å². The number of ether oxygens (including phenoxy) is 1. The lowest BCUT2D eigenvalue weighted by atomic mass is 10.0. The molecule has 1 aromatic heterocycles. The van der Waals surface area contributed by atoms with Crippen molar-refractivity contribution < 1.29 is 24.5 Å². The Labute approximate surface area is 155 Å². The van der Waals surface area contributed by atoms with E-state index in [4.69, 9.17) is 9.15 Å². The van der Waals surface area contributed by atoms with Gasteiger partial charge in [-0.25, -0.2) is 0 Å². The highest BCUT2D eigenvalue weighted by molar-refractivity contribution is 5.94. The number of hydrogen-bond acceptors (Lipinski definition) is 6. The van der Waals surface area contributed by atoms with E-state index in [1.807, 2.05) is 13.8 Å². The summed E-state index contributed by atoms with van der Waals surface area (Å²) < 4.78 is 10.9. The first-order valence-electron chi connectivity index (χ1n) is 8.36. The minimum absolute atomic E-state index is 0.0445. The van der Waals surface area contributed by atoms with Crippen LogP contribution in [-0.2, 0) is 6.42 Å². The molecule has 0 aliphatic rings. The summed E-state index contributed by atoms with van der Waals surface area (Å²) in [4.78, 5) is 13.0. The summed E-state index contributed by atoms with van der Waals surface area (Å²) in [6.07, 6.45) is 1.91. The summed E-state index contributed by atoms with van der Waals surface area (Å²) in [6, 6.07) is 8.76. The van der Waals surface area contributed by atoms with Gasteiger partial charge in [-0.15, -0.1) is 0 Å². The second-order valence-electron chi connectivity index (χ2n) is 6.37. The van der Waals surface area contributed by atoms with Crippen LogP contribution < -0.4 is 10.2 Å². The molecule has 0 atom stereocenters. The van der Waals surface area contributed by atoms with Crippen molar-refractivity contribution in [1.29, 1.82) is 0 Å². The fraction of sp³-hybridized carbons (Fsp3) is 0.190. The Morgan fingerprint density at radius 2 is 1.74 bits per heavy atom. The van der Waals surface area contributed by atoms with Crippen LogP contribution in [0.15, 0.2) is 51.2 Å². The summed E-state index contributed by atoms with van der Waals surface area (Å²) in [5, 5.41) is 31.1. The zero-order valence-corrected chi connectivity index (χ0v) is 15.2. The monoisotopic (exact) mass is 368 g/mol. The molecule has 6 nitrogen and oxygen atoms in total. The zero-order chi connectivity index (χ0) is 19.7. The van der Waals surface area contributed by atoms with Crippen LogP contribution in [0.5, 0.6) is 23.0 Å². The molecule has 3 aromatic rings. The first-order valence-corrected chi connectivity index (χ1v) is 8.36. The number of fused-ring (bicyclic) bond motifs is 1. The summed E-state index contributed by atoms with van der Waals surface area (Å²) in [6.45, 7) is 3.72. The van der Waals surface area contributed by atoms with Crippen molar-refractivity contribution in [2.75, 3.05) is 7.11 Å². The van der Waals surface area contributed by atoms with Crippen molar-refractivity contribution in [2.24, 2.45) is 0 Å². The number of aromatic hydroxyl groups is 3. The standard InChI is InChI=1S/C21H20O6/c1-11(2)9-10-13-15(22)14-17(24)21(26-3)19(12-7-5-4-6-8-12)27-20(14)18(25)16(13)23/h4-9,22-23,25H,10H2,1-3H3. The van der Waals surface area contributed by atoms with E-state index in [2.05, 4.69) is 0 Å². The molecular formula is C21H20O6. The maximum atomic E-state index is 13.0. The fourth-order valence-electron chi connectivity index (χ4n) is 2.88. The molecule has 0 fully saturated rings. The lowest BCUT2D eigenvalue weighted by Gasteiger charge is -2.14. The quantitative estimate of drug-likeness (QED) is 0.364. The Kier molecular flexibility index (Phi) is 4.81. The van der Waals surface area contributed by atoms with E-state index < -0.39 is 22.7 Å². The number of phenolic OH excluding ortho intramolecular Hbond substituents is 3. The van der Waals surface area contributed by atoms with Gasteiger partial charge in [0.2, 0.25) is 16.9 Å². The molecule has 0 saturated carbocycles. The van der Waals surface area contributed by atoms with E-state index in [0.29, 0.717) is 5.56 Å². The minimum atomic E-state index is -0.635. The highest BCUT2D eigenvalue weighted by atomic mass is 16.5. The third-order valence-corrected chi connectivity index (χ3v) is 4.27. The summed E-state index contributed by atoms with van der Waals surface area (Å²) in [7, 11) is 1.33. The van der Waals surface area contributed by atoms with Gasteiger partial charge >= 0.3 is 0 Å². The van der Waals surface area contributed by atoms with Gasteiger partial charge in [-0.1, -0.05) is 42.0 Å².